The van der Waals surface area contributed by atoms with E-state index in [1.54, 1.807) is 18.2 Å². The van der Waals surface area contributed by atoms with Gasteiger partial charge in [-0.3, -0.25) is 4.79 Å². The number of hydrogen-bond acceptors (Lipinski definition) is 2. The summed E-state index contributed by atoms with van der Waals surface area (Å²) in [6.07, 6.45) is 0. The predicted octanol–water partition coefficient (Wildman–Crippen LogP) is 4.63. The Bertz CT molecular complexity index is 633. The Morgan fingerprint density at radius 1 is 1.30 bits per heavy atom. The third-order valence-electron chi connectivity index (χ3n) is 2.66. The lowest BCUT2D eigenvalue weighted by molar-refractivity contribution is -0.113. The molecule has 0 unspecified atom stereocenters. The number of nitrogens with one attached hydrogen (secondary N) is 1. The fraction of sp³-hybridized carbons (Fsp3) is 0.133. The predicted molar refractivity (Wildman–Crippen MR) is 84.6 cm³/mol. The summed E-state index contributed by atoms with van der Waals surface area (Å²) >= 11 is 4.56. The number of halogens is 2. The molecule has 0 fully saturated rings. The lowest BCUT2D eigenvalue weighted by atomic mass is 10.2. The second kappa shape index (κ2) is 6.90. The van der Waals surface area contributed by atoms with Crippen molar-refractivity contribution in [2.24, 2.45) is 0 Å². The molecule has 2 aromatic rings. The van der Waals surface area contributed by atoms with Crippen LogP contribution in [0.5, 0.6) is 0 Å². The first-order chi connectivity index (χ1) is 9.56. The maximum Gasteiger partial charge on any atom is 0.234 e. The third kappa shape index (κ3) is 4.08. The van der Waals surface area contributed by atoms with Gasteiger partial charge >= 0.3 is 0 Å². The van der Waals surface area contributed by atoms with E-state index >= 15 is 0 Å². The van der Waals surface area contributed by atoms with Gasteiger partial charge in [0.1, 0.15) is 5.82 Å². The van der Waals surface area contributed by atoms with Crippen LogP contribution in [0.2, 0.25) is 0 Å². The van der Waals surface area contributed by atoms with Crippen molar-refractivity contribution < 1.29 is 9.18 Å². The number of anilines is 1. The molecule has 0 saturated heterocycles. The van der Waals surface area contributed by atoms with E-state index in [9.17, 15) is 9.18 Å². The quantitative estimate of drug-likeness (QED) is 0.812. The van der Waals surface area contributed by atoms with Crippen LogP contribution < -0.4 is 5.32 Å². The molecular formula is C15H13BrFNOS. The van der Waals surface area contributed by atoms with E-state index in [-0.39, 0.29) is 17.5 Å². The fourth-order valence-electron chi connectivity index (χ4n) is 1.66. The van der Waals surface area contributed by atoms with E-state index in [0.717, 1.165) is 15.7 Å². The third-order valence-corrected chi connectivity index (χ3v) is 4.20. The van der Waals surface area contributed by atoms with Gasteiger partial charge in [0.25, 0.3) is 0 Å². The normalized spacial score (nSPS) is 10.3. The van der Waals surface area contributed by atoms with Crippen LogP contribution in [0.4, 0.5) is 10.1 Å². The van der Waals surface area contributed by atoms with Gasteiger partial charge in [-0.2, -0.15) is 0 Å². The Morgan fingerprint density at radius 3 is 2.75 bits per heavy atom. The van der Waals surface area contributed by atoms with Crippen LogP contribution >= 0.6 is 27.7 Å². The molecule has 2 nitrogen and oxygen atoms in total. The SMILES string of the molecule is Cc1cc(Br)ccc1NC(=O)CSc1ccccc1F. The van der Waals surface area contributed by atoms with Gasteiger partial charge in [-0.05, 0) is 42.8 Å². The van der Waals surface area contributed by atoms with Gasteiger partial charge in [-0.15, -0.1) is 11.8 Å². The monoisotopic (exact) mass is 353 g/mol. The van der Waals surface area contributed by atoms with Crippen molar-refractivity contribution in [1.29, 1.82) is 0 Å². The van der Waals surface area contributed by atoms with Crippen molar-refractivity contribution in [3.63, 3.8) is 0 Å². The second-order valence-corrected chi connectivity index (χ2v) is 6.16. The smallest absolute Gasteiger partial charge is 0.234 e. The maximum absolute atomic E-state index is 13.4. The fourth-order valence-corrected chi connectivity index (χ4v) is 2.87. The van der Waals surface area contributed by atoms with Crippen LogP contribution in [0.25, 0.3) is 0 Å². The molecule has 0 bridgehead atoms. The molecule has 5 heteroatoms. The summed E-state index contributed by atoms with van der Waals surface area (Å²) in [4.78, 5) is 12.3. The molecular weight excluding hydrogens is 341 g/mol. The molecule has 20 heavy (non-hydrogen) atoms. The van der Waals surface area contributed by atoms with Gasteiger partial charge < -0.3 is 5.32 Å². The molecule has 1 N–H and O–H groups in total. The minimum absolute atomic E-state index is 0.149. The van der Waals surface area contributed by atoms with E-state index in [0.29, 0.717) is 4.90 Å². The summed E-state index contributed by atoms with van der Waals surface area (Å²) in [5.41, 5.74) is 1.75. The van der Waals surface area contributed by atoms with Gasteiger partial charge in [0.2, 0.25) is 5.91 Å². The molecule has 0 heterocycles. The number of aryl methyl sites for hydroxylation is 1. The molecule has 0 atom stereocenters. The lowest BCUT2D eigenvalue weighted by Gasteiger charge is -2.08. The zero-order valence-corrected chi connectivity index (χ0v) is 13.2. The van der Waals surface area contributed by atoms with E-state index in [2.05, 4.69) is 21.2 Å². The van der Waals surface area contributed by atoms with E-state index in [4.69, 9.17) is 0 Å². The number of thioether (sulfide) groups is 1. The molecule has 0 aliphatic carbocycles. The highest BCUT2D eigenvalue weighted by Crippen LogP contribution is 2.23. The minimum Gasteiger partial charge on any atom is -0.325 e. The summed E-state index contributed by atoms with van der Waals surface area (Å²) in [6, 6.07) is 12.1. The van der Waals surface area contributed by atoms with Crippen LogP contribution in [0.1, 0.15) is 5.56 Å². The maximum atomic E-state index is 13.4. The molecule has 0 radical (unpaired) electrons. The first-order valence-electron chi connectivity index (χ1n) is 5.99. The Kier molecular flexibility index (Phi) is 5.20. The Labute approximate surface area is 129 Å². The average molecular weight is 354 g/mol. The van der Waals surface area contributed by atoms with Gasteiger partial charge in [0, 0.05) is 15.1 Å². The highest BCUT2D eigenvalue weighted by Gasteiger charge is 2.08. The number of hydrogen-bond donors (Lipinski definition) is 1. The summed E-state index contributed by atoms with van der Waals surface area (Å²) in [5, 5.41) is 2.82. The topological polar surface area (TPSA) is 29.1 Å². The molecule has 0 aromatic heterocycles. The highest BCUT2D eigenvalue weighted by atomic mass is 79.9. The summed E-state index contributed by atoms with van der Waals surface area (Å²) in [6.45, 7) is 1.92. The van der Waals surface area contributed by atoms with Crippen LogP contribution in [0, 0.1) is 12.7 Å². The summed E-state index contributed by atoms with van der Waals surface area (Å²) in [5.74, 6) is -0.273. The zero-order chi connectivity index (χ0) is 14.5. The van der Waals surface area contributed by atoms with Crippen LogP contribution in [0.15, 0.2) is 51.8 Å². The molecule has 0 aliphatic rings. The van der Waals surface area contributed by atoms with E-state index in [1.165, 1.54) is 17.8 Å². The van der Waals surface area contributed by atoms with Crippen LogP contribution in [-0.2, 0) is 4.79 Å². The molecule has 104 valence electrons. The summed E-state index contributed by atoms with van der Waals surface area (Å²) in [7, 11) is 0. The largest absolute Gasteiger partial charge is 0.325 e. The Balaban J connectivity index is 1.94. The molecule has 2 aromatic carbocycles. The van der Waals surface area contributed by atoms with Gasteiger partial charge in [-0.25, -0.2) is 4.39 Å². The average Bonchev–Trinajstić information content (AvgIpc) is 2.41. The zero-order valence-electron chi connectivity index (χ0n) is 10.8. The minimum atomic E-state index is -0.301. The van der Waals surface area contributed by atoms with Gasteiger partial charge in [0.15, 0.2) is 0 Å². The van der Waals surface area contributed by atoms with Crippen LogP contribution in [-0.4, -0.2) is 11.7 Å². The number of benzene rings is 2. The van der Waals surface area contributed by atoms with E-state index < -0.39 is 0 Å². The number of carbonyl (C=O) groups excluding carboxylic acids is 1. The van der Waals surface area contributed by atoms with Crippen molar-refractivity contribution in [1.82, 2.24) is 0 Å². The highest BCUT2D eigenvalue weighted by molar-refractivity contribution is 9.10. The van der Waals surface area contributed by atoms with Crippen molar-refractivity contribution in [2.75, 3.05) is 11.1 Å². The molecule has 2 rings (SSSR count). The molecule has 1 amide bonds. The number of rotatable bonds is 4. The second-order valence-electron chi connectivity index (χ2n) is 4.23. The molecule has 0 aliphatic heterocycles. The van der Waals surface area contributed by atoms with Gasteiger partial charge in [-0.1, -0.05) is 28.1 Å². The number of carbonyl (C=O) groups is 1. The standard InChI is InChI=1S/C15H13BrFNOS/c1-10-8-11(16)6-7-13(10)18-15(19)9-20-14-5-3-2-4-12(14)17/h2-8H,9H2,1H3,(H,18,19). The van der Waals surface area contributed by atoms with Crippen molar-refractivity contribution >= 4 is 39.3 Å². The number of amides is 1. The van der Waals surface area contributed by atoms with Crippen molar-refractivity contribution in [3.8, 4) is 0 Å². The first kappa shape index (κ1) is 15.1. The first-order valence-corrected chi connectivity index (χ1v) is 7.77. The van der Waals surface area contributed by atoms with Crippen LogP contribution in [0.3, 0.4) is 0 Å². The summed E-state index contributed by atoms with van der Waals surface area (Å²) < 4.78 is 14.4. The lowest BCUT2D eigenvalue weighted by Crippen LogP contribution is -2.14. The van der Waals surface area contributed by atoms with Crippen molar-refractivity contribution in [2.45, 2.75) is 11.8 Å². The Morgan fingerprint density at radius 2 is 2.05 bits per heavy atom. The van der Waals surface area contributed by atoms with E-state index in [1.807, 2.05) is 25.1 Å². The van der Waals surface area contributed by atoms with Crippen molar-refractivity contribution in [3.05, 3.63) is 58.3 Å². The molecule has 0 spiro atoms. The molecule has 0 saturated carbocycles. The Hall–Kier alpha value is -1.33. The van der Waals surface area contributed by atoms with Gasteiger partial charge in [0.05, 0.1) is 5.75 Å².